The normalized spacial score (nSPS) is 22.6. The van der Waals surface area contributed by atoms with E-state index in [2.05, 4.69) is 10.3 Å². The van der Waals surface area contributed by atoms with Gasteiger partial charge in [-0.3, -0.25) is 19.2 Å². The maximum atomic E-state index is 12.8. The van der Waals surface area contributed by atoms with E-state index < -0.39 is 12.0 Å². The van der Waals surface area contributed by atoms with Crippen molar-refractivity contribution < 1.29 is 14.4 Å². The van der Waals surface area contributed by atoms with Crippen LogP contribution >= 0.6 is 0 Å². The highest BCUT2D eigenvalue weighted by Gasteiger charge is 2.55. The highest BCUT2D eigenvalue weighted by Crippen LogP contribution is 2.33. The lowest BCUT2D eigenvalue weighted by Crippen LogP contribution is -2.32. The Morgan fingerprint density at radius 2 is 1.92 bits per heavy atom. The van der Waals surface area contributed by atoms with Crippen LogP contribution in [-0.4, -0.2) is 38.3 Å². The Bertz CT molecular complexity index is 856. The molecule has 1 aromatic carbocycles. The molecule has 122 valence electrons. The highest BCUT2D eigenvalue weighted by molar-refractivity contribution is 6.23. The number of carbonyl (C=O) groups excluding carboxylic acids is 2. The zero-order valence-corrected chi connectivity index (χ0v) is 13.3. The second kappa shape index (κ2) is 5.30. The average molecular weight is 324 g/mol. The van der Waals surface area contributed by atoms with Crippen LogP contribution in [0.15, 0.2) is 41.7 Å². The number of oxime groups is 1. The molecule has 24 heavy (non-hydrogen) atoms. The van der Waals surface area contributed by atoms with Crippen LogP contribution in [0.3, 0.4) is 0 Å². The number of fused-ring (bicyclic) bond motifs is 1. The van der Waals surface area contributed by atoms with Crippen LogP contribution in [0.1, 0.15) is 16.8 Å². The van der Waals surface area contributed by atoms with E-state index in [1.54, 1.807) is 17.9 Å². The molecule has 2 aromatic rings. The molecule has 1 saturated heterocycles. The molecule has 2 aliphatic rings. The van der Waals surface area contributed by atoms with Gasteiger partial charge in [0.05, 0.1) is 12.2 Å². The fourth-order valence-corrected chi connectivity index (χ4v) is 3.23. The van der Waals surface area contributed by atoms with E-state index in [9.17, 15) is 9.59 Å². The summed E-state index contributed by atoms with van der Waals surface area (Å²) in [4.78, 5) is 31.9. The Labute approximate surface area is 138 Å². The summed E-state index contributed by atoms with van der Waals surface area (Å²) in [6.07, 6.45) is 0.924. The number of rotatable bonds is 3. The third-order valence-corrected chi connectivity index (χ3v) is 4.38. The molecular formula is C17H16N4O3. The number of hydrogen-bond acceptors (Lipinski definition) is 5. The number of imide groups is 1. The lowest BCUT2D eigenvalue weighted by atomic mass is 9.94. The lowest BCUT2D eigenvalue weighted by Gasteiger charge is -2.15. The topological polar surface area (TPSA) is 76.8 Å². The molecule has 0 bridgehead atoms. The smallest absolute Gasteiger partial charge is 0.274 e. The Morgan fingerprint density at radius 3 is 2.58 bits per heavy atom. The number of benzene rings is 1. The summed E-state index contributed by atoms with van der Waals surface area (Å²) >= 11 is 0. The summed E-state index contributed by atoms with van der Waals surface area (Å²) in [5, 5.41) is 8.27. The fourth-order valence-electron chi connectivity index (χ4n) is 3.23. The SMILES string of the molecule is Cc1nn(C)cc1C1=NO[C@@H]2C(=O)N(Cc3ccccc3)C(=O)[C@H]12. The minimum absolute atomic E-state index is 0.244. The van der Waals surface area contributed by atoms with Gasteiger partial charge in [-0.15, -0.1) is 0 Å². The van der Waals surface area contributed by atoms with E-state index >= 15 is 0 Å². The van der Waals surface area contributed by atoms with E-state index in [0.29, 0.717) is 5.71 Å². The molecule has 0 saturated carbocycles. The minimum atomic E-state index is -0.865. The Balaban J connectivity index is 1.64. The van der Waals surface area contributed by atoms with Crippen LogP contribution in [0.4, 0.5) is 0 Å². The minimum Gasteiger partial charge on any atom is -0.381 e. The molecule has 0 radical (unpaired) electrons. The number of nitrogens with zero attached hydrogens (tertiary/aromatic N) is 4. The maximum absolute atomic E-state index is 12.8. The fraction of sp³-hybridized carbons (Fsp3) is 0.294. The first kappa shape index (κ1) is 14.6. The largest absolute Gasteiger partial charge is 0.381 e. The first-order valence-electron chi connectivity index (χ1n) is 7.69. The molecular weight excluding hydrogens is 308 g/mol. The van der Waals surface area contributed by atoms with Crippen LogP contribution in [0.2, 0.25) is 0 Å². The number of aromatic nitrogens is 2. The molecule has 7 heteroatoms. The van der Waals surface area contributed by atoms with Crippen molar-refractivity contribution in [3.8, 4) is 0 Å². The van der Waals surface area contributed by atoms with Gasteiger partial charge in [-0.2, -0.15) is 5.10 Å². The molecule has 0 aliphatic carbocycles. The van der Waals surface area contributed by atoms with Gasteiger partial charge < -0.3 is 4.84 Å². The van der Waals surface area contributed by atoms with E-state index in [1.165, 1.54) is 4.90 Å². The van der Waals surface area contributed by atoms with Gasteiger partial charge in [-0.25, -0.2) is 0 Å². The van der Waals surface area contributed by atoms with Crippen LogP contribution < -0.4 is 0 Å². The van der Waals surface area contributed by atoms with Gasteiger partial charge in [0.2, 0.25) is 12.0 Å². The molecule has 2 amide bonds. The third kappa shape index (κ3) is 2.12. The second-order valence-electron chi connectivity index (χ2n) is 6.03. The summed E-state index contributed by atoms with van der Waals surface area (Å²) in [5.74, 6) is -1.30. The van der Waals surface area contributed by atoms with Crippen molar-refractivity contribution in [3.05, 3.63) is 53.3 Å². The number of carbonyl (C=O) groups is 2. The summed E-state index contributed by atoms with van der Waals surface area (Å²) in [6.45, 7) is 2.09. The van der Waals surface area contributed by atoms with E-state index in [-0.39, 0.29) is 18.4 Å². The van der Waals surface area contributed by atoms with Crippen molar-refractivity contribution >= 4 is 17.5 Å². The molecule has 1 fully saturated rings. The summed E-state index contributed by atoms with van der Waals surface area (Å²) < 4.78 is 1.66. The zero-order chi connectivity index (χ0) is 16.8. The molecule has 0 unspecified atom stereocenters. The second-order valence-corrected chi connectivity index (χ2v) is 6.03. The van der Waals surface area contributed by atoms with Crippen LogP contribution in [0, 0.1) is 12.8 Å². The van der Waals surface area contributed by atoms with Gasteiger partial charge in [-0.1, -0.05) is 35.5 Å². The number of hydrogen-bond donors (Lipinski definition) is 0. The monoisotopic (exact) mass is 324 g/mol. The third-order valence-electron chi connectivity index (χ3n) is 4.38. The van der Waals surface area contributed by atoms with Gasteiger partial charge in [0.25, 0.3) is 5.91 Å². The van der Waals surface area contributed by atoms with Crippen molar-refractivity contribution in [3.63, 3.8) is 0 Å². The first-order chi connectivity index (χ1) is 11.6. The molecule has 2 aliphatic heterocycles. The zero-order valence-electron chi connectivity index (χ0n) is 13.3. The van der Waals surface area contributed by atoms with Gasteiger partial charge in [0.15, 0.2) is 0 Å². The van der Waals surface area contributed by atoms with Crippen molar-refractivity contribution in [1.29, 1.82) is 0 Å². The molecule has 4 rings (SSSR count). The van der Waals surface area contributed by atoms with Gasteiger partial charge >= 0.3 is 0 Å². The van der Waals surface area contributed by atoms with Gasteiger partial charge in [-0.05, 0) is 12.5 Å². The van der Waals surface area contributed by atoms with Crippen LogP contribution in [0.5, 0.6) is 0 Å². The molecule has 0 N–H and O–H groups in total. The summed E-state index contributed by atoms with van der Waals surface area (Å²) in [7, 11) is 1.80. The molecule has 7 nitrogen and oxygen atoms in total. The van der Waals surface area contributed by atoms with E-state index in [1.807, 2.05) is 37.3 Å². The number of likely N-dealkylation sites (tertiary alicyclic amines) is 1. The average Bonchev–Trinajstić information content (AvgIpc) is 3.20. The maximum Gasteiger partial charge on any atom is 0.274 e. The predicted molar refractivity (Wildman–Crippen MR) is 84.8 cm³/mol. The van der Waals surface area contributed by atoms with Crippen molar-refractivity contribution in [1.82, 2.24) is 14.7 Å². The predicted octanol–water partition coefficient (Wildman–Crippen LogP) is 1.02. The summed E-state index contributed by atoms with van der Waals surface area (Å²) in [6, 6.07) is 9.42. The summed E-state index contributed by atoms with van der Waals surface area (Å²) in [5.41, 5.74) is 2.88. The Hall–Kier alpha value is -2.96. The van der Waals surface area contributed by atoms with Crippen molar-refractivity contribution in [2.75, 3.05) is 0 Å². The highest BCUT2D eigenvalue weighted by atomic mass is 16.6. The Kier molecular flexibility index (Phi) is 3.23. The van der Waals surface area contributed by atoms with E-state index in [0.717, 1.165) is 16.8 Å². The van der Waals surface area contributed by atoms with Crippen molar-refractivity contribution in [2.24, 2.45) is 18.1 Å². The number of aryl methyl sites for hydroxylation is 2. The standard InChI is InChI=1S/C17H16N4O3/c1-10-12(9-20(2)18-10)14-13-15(24-19-14)17(23)21(16(13)22)8-11-6-4-3-5-7-11/h3-7,9,13,15H,8H2,1-2H3/t13-,15+/m1/s1. The van der Waals surface area contributed by atoms with Gasteiger partial charge in [0, 0.05) is 18.8 Å². The van der Waals surface area contributed by atoms with Crippen LogP contribution in [0.25, 0.3) is 0 Å². The lowest BCUT2D eigenvalue weighted by molar-refractivity contribution is -0.142. The number of amides is 2. The molecule has 2 atom stereocenters. The molecule has 0 spiro atoms. The quantitative estimate of drug-likeness (QED) is 0.790. The first-order valence-corrected chi connectivity index (χ1v) is 7.69. The Morgan fingerprint density at radius 1 is 1.17 bits per heavy atom. The van der Waals surface area contributed by atoms with E-state index in [4.69, 9.17) is 4.84 Å². The molecule has 3 heterocycles. The molecule has 1 aromatic heterocycles. The van der Waals surface area contributed by atoms with Crippen molar-refractivity contribution in [2.45, 2.75) is 19.6 Å². The van der Waals surface area contributed by atoms with Crippen LogP contribution in [-0.2, 0) is 28.0 Å². The van der Waals surface area contributed by atoms with Gasteiger partial charge in [0.1, 0.15) is 11.6 Å².